The van der Waals surface area contributed by atoms with Gasteiger partial charge in [0.05, 0.1) is 18.2 Å². The Kier molecular flexibility index (Phi) is 6.49. The van der Waals surface area contributed by atoms with Gasteiger partial charge in [-0.3, -0.25) is 4.79 Å². The summed E-state index contributed by atoms with van der Waals surface area (Å²) in [5.41, 5.74) is 4.07. The molecule has 5 heteroatoms. The molecule has 0 aliphatic heterocycles. The molecule has 0 bridgehead atoms. The molecule has 146 valence electrons. The van der Waals surface area contributed by atoms with E-state index in [2.05, 4.69) is 11.4 Å². The van der Waals surface area contributed by atoms with Gasteiger partial charge < -0.3 is 14.8 Å². The van der Waals surface area contributed by atoms with Crippen LogP contribution in [0.4, 0.5) is 5.69 Å². The largest absolute Gasteiger partial charge is 0.493 e. The molecule has 0 aliphatic rings. The molecule has 0 spiro atoms. The highest BCUT2D eigenvalue weighted by Crippen LogP contribution is 2.34. The van der Waals surface area contributed by atoms with E-state index in [1.54, 1.807) is 24.3 Å². The summed E-state index contributed by atoms with van der Waals surface area (Å²) in [7, 11) is 0. The van der Waals surface area contributed by atoms with Crippen molar-refractivity contribution in [2.75, 3.05) is 11.9 Å². The van der Waals surface area contributed by atoms with Crippen LogP contribution < -0.4 is 10.1 Å². The van der Waals surface area contributed by atoms with Gasteiger partial charge >= 0.3 is 5.97 Å². The Hall–Kier alpha value is -3.78. The number of esters is 1. The number of benzene rings is 3. The predicted molar refractivity (Wildman–Crippen MR) is 112 cm³/mol. The van der Waals surface area contributed by atoms with Crippen LogP contribution in [0.5, 0.6) is 5.75 Å². The van der Waals surface area contributed by atoms with Crippen LogP contribution in [0, 0.1) is 11.3 Å². The predicted octanol–water partition coefficient (Wildman–Crippen LogP) is 5.30. The van der Waals surface area contributed by atoms with Gasteiger partial charge in [-0.05, 0) is 42.8 Å². The number of nitriles is 1. The molecule has 1 atom stereocenters. The Morgan fingerprint density at radius 1 is 1.07 bits per heavy atom. The van der Waals surface area contributed by atoms with Gasteiger partial charge in [-0.2, -0.15) is 5.26 Å². The van der Waals surface area contributed by atoms with E-state index in [4.69, 9.17) is 14.7 Å². The lowest BCUT2D eigenvalue weighted by Gasteiger charge is -2.22. The number of carbonyl (C=O) groups excluding carboxylic acids is 1. The van der Waals surface area contributed by atoms with Crippen LogP contribution in [0.2, 0.25) is 0 Å². The molecule has 3 aromatic carbocycles. The van der Waals surface area contributed by atoms with Gasteiger partial charge in [-0.25, -0.2) is 0 Å². The zero-order valence-corrected chi connectivity index (χ0v) is 16.4. The minimum atomic E-state index is -0.690. The van der Waals surface area contributed by atoms with Crippen LogP contribution in [-0.2, 0) is 9.53 Å². The first-order valence-electron chi connectivity index (χ1n) is 9.36. The Bertz CT molecular complexity index is 1010. The van der Waals surface area contributed by atoms with E-state index in [9.17, 15) is 4.79 Å². The number of hydrogen-bond acceptors (Lipinski definition) is 5. The molecular formula is C24H22N2O3. The molecule has 0 saturated carbocycles. The summed E-state index contributed by atoms with van der Waals surface area (Å²) >= 11 is 0. The Balaban J connectivity index is 1.95. The summed E-state index contributed by atoms with van der Waals surface area (Å²) in [5, 5.41) is 12.2. The minimum absolute atomic E-state index is 0.402. The Morgan fingerprint density at radius 2 is 1.79 bits per heavy atom. The molecule has 0 amide bonds. The van der Waals surface area contributed by atoms with Gasteiger partial charge in [0.25, 0.3) is 0 Å². The number of nitrogens with one attached hydrogen (secondary N) is 1. The van der Waals surface area contributed by atoms with Crippen LogP contribution >= 0.6 is 0 Å². The maximum absolute atomic E-state index is 11.7. The highest BCUT2D eigenvalue weighted by molar-refractivity contribution is 5.71. The van der Waals surface area contributed by atoms with Crippen molar-refractivity contribution in [2.45, 2.75) is 20.1 Å². The molecular weight excluding hydrogens is 364 g/mol. The van der Waals surface area contributed by atoms with E-state index >= 15 is 0 Å². The highest BCUT2D eigenvalue weighted by Gasteiger charge is 2.18. The van der Waals surface area contributed by atoms with Crippen molar-refractivity contribution in [1.29, 1.82) is 5.26 Å². The molecule has 5 nitrogen and oxygen atoms in total. The average molecular weight is 386 g/mol. The fourth-order valence-corrected chi connectivity index (χ4v) is 2.97. The van der Waals surface area contributed by atoms with Crippen molar-refractivity contribution in [3.05, 3.63) is 83.9 Å². The second-order valence-corrected chi connectivity index (χ2v) is 6.38. The summed E-state index contributed by atoms with van der Waals surface area (Å²) in [4.78, 5) is 11.7. The van der Waals surface area contributed by atoms with Crippen molar-refractivity contribution in [3.63, 3.8) is 0 Å². The van der Waals surface area contributed by atoms with Gasteiger partial charge in [0, 0.05) is 23.7 Å². The normalized spacial score (nSPS) is 11.2. The number of hydrogen-bond donors (Lipinski definition) is 1. The first-order chi connectivity index (χ1) is 14.1. The topological polar surface area (TPSA) is 71.3 Å². The zero-order chi connectivity index (χ0) is 20.6. The summed E-state index contributed by atoms with van der Waals surface area (Å²) in [5.74, 6) is 0.316. The summed E-state index contributed by atoms with van der Waals surface area (Å²) in [6.07, 6.45) is -0.690. The Labute approximate surface area is 170 Å². The summed E-state index contributed by atoms with van der Waals surface area (Å²) in [6, 6.07) is 24.8. The molecule has 1 N–H and O–H groups in total. The van der Waals surface area contributed by atoms with Crippen molar-refractivity contribution in [3.8, 4) is 22.9 Å². The van der Waals surface area contributed by atoms with Crippen LogP contribution in [0.1, 0.15) is 31.2 Å². The first-order valence-corrected chi connectivity index (χ1v) is 9.36. The summed E-state index contributed by atoms with van der Waals surface area (Å²) < 4.78 is 11.4. The van der Waals surface area contributed by atoms with Gasteiger partial charge in [0.15, 0.2) is 6.23 Å². The van der Waals surface area contributed by atoms with E-state index in [0.717, 1.165) is 28.1 Å². The third-order valence-corrected chi connectivity index (χ3v) is 4.29. The lowest BCUT2D eigenvalue weighted by atomic mass is 10.0. The molecule has 29 heavy (non-hydrogen) atoms. The SMILES string of the molecule is CCOc1cc(C(Nc2ccc(C#N)cc2)OC(C)=O)ccc1-c1ccccc1. The van der Waals surface area contributed by atoms with E-state index in [1.807, 2.05) is 55.5 Å². The molecule has 0 heterocycles. The molecule has 3 aromatic rings. The number of ether oxygens (including phenoxy) is 2. The lowest BCUT2D eigenvalue weighted by molar-refractivity contribution is -0.145. The smallest absolute Gasteiger partial charge is 0.304 e. The molecule has 0 radical (unpaired) electrons. The van der Waals surface area contributed by atoms with E-state index in [1.165, 1.54) is 6.92 Å². The molecule has 0 aliphatic carbocycles. The van der Waals surface area contributed by atoms with Crippen molar-refractivity contribution < 1.29 is 14.3 Å². The van der Waals surface area contributed by atoms with Gasteiger partial charge in [-0.15, -0.1) is 0 Å². The van der Waals surface area contributed by atoms with E-state index < -0.39 is 12.2 Å². The third-order valence-electron chi connectivity index (χ3n) is 4.29. The molecule has 0 saturated heterocycles. The molecule has 0 fully saturated rings. The average Bonchev–Trinajstić information content (AvgIpc) is 2.74. The number of nitrogens with zero attached hydrogens (tertiary/aromatic N) is 1. The fraction of sp³-hybridized carbons (Fsp3) is 0.167. The fourth-order valence-electron chi connectivity index (χ4n) is 2.97. The van der Waals surface area contributed by atoms with Gasteiger partial charge in [-0.1, -0.05) is 42.5 Å². The second-order valence-electron chi connectivity index (χ2n) is 6.38. The Morgan fingerprint density at radius 3 is 2.41 bits per heavy atom. The van der Waals surface area contributed by atoms with Crippen LogP contribution in [-0.4, -0.2) is 12.6 Å². The van der Waals surface area contributed by atoms with Gasteiger partial charge in [0.1, 0.15) is 5.75 Å². The minimum Gasteiger partial charge on any atom is -0.493 e. The molecule has 1 unspecified atom stereocenters. The van der Waals surface area contributed by atoms with Crippen LogP contribution in [0.3, 0.4) is 0 Å². The monoisotopic (exact) mass is 386 g/mol. The maximum atomic E-state index is 11.7. The number of carbonyl (C=O) groups is 1. The third kappa shape index (κ3) is 5.14. The standard InChI is InChI=1S/C24H22N2O3/c1-3-28-23-15-20(11-14-22(23)19-7-5-4-6-8-19)24(29-17(2)27)26-21-12-9-18(16-25)10-13-21/h4-15,24,26H,3H2,1-2H3. The number of rotatable bonds is 7. The molecule has 0 aromatic heterocycles. The zero-order valence-electron chi connectivity index (χ0n) is 16.4. The van der Waals surface area contributed by atoms with Gasteiger partial charge in [0.2, 0.25) is 0 Å². The lowest BCUT2D eigenvalue weighted by Crippen LogP contribution is -2.17. The summed E-state index contributed by atoms with van der Waals surface area (Å²) in [6.45, 7) is 3.82. The van der Waals surface area contributed by atoms with Crippen molar-refractivity contribution >= 4 is 11.7 Å². The molecule has 3 rings (SSSR count). The van der Waals surface area contributed by atoms with Crippen LogP contribution in [0.25, 0.3) is 11.1 Å². The highest BCUT2D eigenvalue weighted by atomic mass is 16.6. The number of anilines is 1. The first kappa shape index (κ1) is 20.0. The van der Waals surface area contributed by atoms with Crippen molar-refractivity contribution in [1.82, 2.24) is 0 Å². The second kappa shape index (κ2) is 9.43. The van der Waals surface area contributed by atoms with Crippen molar-refractivity contribution in [2.24, 2.45) is 0 Å². The van der Waals surface area contributed by atoms with E-state index in [-0.39, 0.29) is 0 Å². The quantitative estimate of drug-likeness (QED) is 0.441. The van der Waals surface area contributed by atoms with Crippen LogP contribution in [0.15, 0.2) is 72.8 Å². The maximum Gasteiger partial charge on any atom is 0.304 e. The van der Waals surface area contributed by atoms with E-state index in [0.29, 0.717) is 12.2 Å².